The summed E-state index contributed by atoms with van der Waals surface area (Å²) in [5, 5.41) is 0. The van der Waals surface area contributed by atoms with Gasteiger partial charge in [0, 0.05) is 35.0 Å². The molecule has 0 amide bonds. The quantitative estimate of drug-likeness (QED) is 0.126. The molecule has 0 N–H and O–H groups in total. The van der Waals surface area contributed by atoms with Gasteiger partial charge in [0.25, 0.3) is 0 Å². The lowest BCUT2D eigenvalue weighted by Gasteiger charge is -2.26. The highest BCUT2D eigenvalue weighted by atomic mass is 15.1. The summed E-state index contributed by atoms with van der Waals surface area (Å²) in [5.41, 5.74) is 17.0. The summed E-state index contributed by atoms with van der Waals surface area (Å²) in [6, 6.07) is 39.9. The fourth-order valence-corrected chi connectivity index (χ4v) is 6.87. The second-order valence-corrected chi connectivity index (χ2v) is 11.4. The second-order valence-electron chi connectivity index (χ2n) is 11.4. The number of allylic oxidation sites excluding steroid dienone is 4. The molecule has 0 fully saturated rings. The average Bonchev–Trinajstić information content (AvgIpc) is 3.63. The molecule has 0 atom stereocenters. The van der Waals surface area contributed by atoms with E-state index in [0.29, 0.717) is 0 Å². The van der Waals surface area contributed by atoms with Crippen LogP contribution in [0.3, 0.4) is 0 Å². The lowest BCUT2D eigenvalue weighted by Crippen LogP contribution is -2.21. The first-order valence-electron chi connectivity index (χ1n) is 15.4. The minimum absolute atomic E-state index is 0.739. The third-order valence-electron chi connectivity index (χ3n) is 8.84. The molecule has 2 heteroatoms. The first-order chi connectivity index (χ1) is 21.7. The van der Waals surface area contributed by atoms with Gasteiger partial charge in [0.1, 0.15) is 0 Å². The van der Waals surface area contributed by atoms with Gasteiger partial charge in [0.15, 0.2) is 0 Å². The Morgan fingerprint density at radius 3 is 1.68 bits per heavy atom. The molecule has 0 saturated carbocycles. The van der Waals surface area contributed by atoms with E-state index in [1.807, 2.05) is 18.2 Å². The van der Waals surface area contributed by atoms with E-state index in [2.05, 4.69) is 151 Å². The van der Waals surface area contributed by atoms with E-state index in [9.17, 15) is 0 Å². The Labute approximate surface area is 261 Å². The zero-order valence-electron chi connectivity index (χ0n) is 25.2. The first-order valence-corrected chi connectivity index (χ1v) is 15.4. The third kappa shape index (κ3) is 4.79. The summed E-state index contributed by atoms with van der Waals surface area (Å²) in [6.45, 7) is 10.7. The van der Waals surface area contributed by atoms with Crippen molar-refractivity contribution < 1.29 is 0 Å². The smallest absolute Gasteiger partial charge is 0.0464 e. The van der Waals surface area contributed by atoms with Crippen molar-refractivity contribution in [3.05, 3.63) is 181 Å². The van der Waals surface area contributed by atoms with Crippen LogP contribution >= 0.6 is 0 Å². The largest absolute Gasteiger partial charge is 0.338 e. The maximum Gasteiger partial charge on any atom is 0.0464 e. The van der Waals surface area contributed by atoms with Gasteiger partial charge in [-0.05, 0) is 119 Å². The third-order valence-corrected chi connectivity index (χ3v) is 8.84. The molecule has 5 aromatic carbocycles. The molecule has 0 bridgehead atoms. The van der Waals surface area contributed by atoms with E-state index >= 15 is 0 Å². The molecule has 44 heavy (non-hydrogen) atoms. The van der Waals surface area contributed by atoms with Gasteiger partial charge in [-0.1, -0.05) is 91.5 Å². The molecule has 0 radical (unpaired) electrons. The molecule has 5 aromatic rings. The van der Waals surface area contributed by atoms with Gasteiger partial charge in [-0.15, -0.1) is 6.58 Å². The highest BCUT2D eigenvalue weighted by Crippen LogP contribution is 2.48. The van der Waals surface area contributed by atoms with Gasteiger partial charge in [0.2, 0.25) is 0 Å². The van der Waals surface area contributed by atoms with Crippen LogP contribution in [0.4, 0.5) is 22.7 Å². The van der Waals surface area contributed by atoms with Crippen LogP contribution in [0.2, 0.25) is 0 Å². The Hall–Kier alpha value is -5.34. The molecule has 2 aliphatic rings. The monoisotopic (exact) mass is 568 g/mol. The normalized spacial score (nSPS) is 12.8. The second kappa shape index (κ2) is 11.7. The molecule has 2 nitrogen and oxygen atoms in total. The molecule has 214 valence electrons. The highest BCUT2D eigenvalue weighted by molar-refractivity contribution is 5.89. The Kier molecular flexibility index (Phi) is 7.33. The van der Waals surface area contributed by atoms with Crippen LogP contribution in [0.5, 0.6) is 0 Å². The Morgan fingerprint density at radius 2 is 1.16 bits per heavy atom. The average molecular weight is 569 g/mol. The zero-order valence-corrected chi connectivity index (χ0v) is 25.2. The molecule has 0 spiro atoms. The number of rotatable bonds is 9. The maximum atomic E-state index is 4.02. The predicted molar refractivity (Wildman–Crippen MR) is 188 cm³/mol. The van der Waals surface area contributed by atoms with Gasteiger partial charge in [-0.25, -0.2) is 0 Å². The molecular formula is C42H36N2. The summed E-state index contributed by atoms with van der Waals surface area (Å²) in [5.74, 6) is 0. The number of anilines is 4. The topological polar surface area (TPSA) is 6.48 Å². The number of hydrogen-bond acceptors (Lipinski definition) is 2. The van der Waals surface area contributed by atoms with E-state index in [4.69, 9.17) is 0 Å². The van der Waals surface area contributed by atoms with Crippen LogP contribution in [-0.2, 0) is 12.8 Å². The van der Waals surface area contributed by atoms with Crippen LogP contribution in [0.1, 0.15) is 29.2 Å². The molecule has 2 aliphatic carbocycles. The fraction of sp³-hybridized carbons (Fsp3) is 0.0952. The first kappa shape index (κ1) is 27.5. The SMILES string of the molecule is C=C/C=C\C(=C/C)N(CC=C)c1ccc2c(c1)Cc1c-2ccc2c1Cc1cc(N(c3ccccc3)c3ccccc3)ccc1-2. The molecule has 0 heterocycles. The van der Waals surface area contributed by atoms with Gasteiger partial charge >= 0.3 is 0 Å². The number of benzene rings is 5. The van der Waals surface area contributed by atoms with Crippen molar-refractivity contribution in [1.29, 1.82) is 0 Å². The maximum absolute atomic E-state index is 4.02. The molecule has 0 aromatic heterocycles. The summed E-state index contributed by atoms with van der Waals surface area (Å²) in [7, 11) is 0. The number of hydrogen-bond donors (Lipinski definition) is 0. The minimum Gasteiger partial charge on any atom is -0.338 e. The van der Waals surface area contributed by atoms with Crippen molar-refractivity contribution >= 4 is 22.7 Å². The van der Waals surface area contributed by atoms with Crippen molar-refractivity contribution in [2.24, 2.45) is 0 Å². The van der Waals surface area contributed by atoms with E-state index in [-0.39, 0.29) is 0 Å². The zero-order chi connectivity index (χ0) is 30.0. The minimum atomic E-state index is 0.739. The fourth-order valence-electron chi connectivity index (χ4n) is 6.87. The van der Waals surface area contributed by atoms with Crippen molar-refractivity contribution in [2.45, 2.75) is 19.8 Å². The van der Waals surface area contributed by atoms with E-state index in [1.54, 1.807) is 0 Å². The molecule has 0 saturated heterocycles. The Balaban J connectivity index is 1.23. The summed E-state index contributed by atoms with van der Waals surface area (Å²) < 4.78 is 0. The Morgan fingerprint density at radius 1 is 0.636 bits per heavy atom. The van der Waals surface area contributed by atoms with Crippen molar-refractivity contribution in [3.8, 4) is 22.3 Å². The molecule has 7 rings (SSSR count). The highest BCUT2D eigenvalue weighted by Gasteiger charge is 2.29. The van der Waals surface area contributed by atoms with E-state index in [0.717, 1.165) is 36.5 Å². The lowest BCUT2D eigenvalue weighted by atomic mass is 9.96. The summed E-state index contributed by atoms with van der Waals surface area (Å²) >= 11 is 0. The van der Waals surface area contributed by atoms with Crippen LogP contribution in [0.25, 0.3) is 22.3 Å². The predicted octanol–water partition coefficient (Wildman–Crippen LogP) is 10.9. The molecule has 0 unspecified atom stereocenters. The number of nitrogens with zero attached hydrogens (tertiary/aromatic N) is 2. The van der Waals surface area contributed by atoms with Crippen molar-refractivity contribution in [1.82, 2.24) is 0 Å². The van der Waals surface area contributed by atoms with Crippen LogP contribution in [0, 0.1) is 0 Å². The number of fused-ring (bicyclic) bond motifs is 7. The number of para-hydroxylation sites is 2. The van der Waals surface area contributed by atoms with E-state index in [1.165, 1.54) is 55.9 Å². The van der Waals surface area contributed by atoms with E-state index < -0.39 is 0 Å². The Bertz CT molecular complexity index is 1890. The van der Waals surface area contributed by atoms with Gasteiger partial charge < -0.3 is 9.80 Å². The van der Waals surface area contributed by atoms with Crippen molar-refractivity contribution in [2.75, 3.05) is 16.3 Å². The molecule has 0 aliphatic heterocycles. The lowest BCUT2D eigenvalue weighted by molar-refractivity contribution is 1.03. The van der Waals surface area contributed by atoms with Crippen LogP contribution < -0.4 is 9.80 Å². The summed E-state index contributed by atoms with van der Waals surface area (Å²) in [6.07, 6.45) is 11.9. The van der Waals surface area contributed by atoms with Gasteiger partial charge in [0.05, 0.1) is 0 Å². The standard InChI is InChI=1S/C42H36N2/c1-4-7-14-32(6-3)43(25-5-2)35-19-21-37-30(26-35)28-41-39(37)23-24-40-38-22-20-36(27-31(38)29-42(40)41)44(33-15-10-8-11-16-33)34-17-12-9-13-18-34/h4-24,26-27H,1-2,25,28-29H2,3H3/b14-7-,32-6+. The summed E-state index contributed by atoms with van der Waals surface area (Å²) in [4.78, 5) is 4.66. The van der Waals surface area contributed by atoms with Crippen molar-refractivity contribution in [3.63, 3.8) is 0 Å². The molecular weight excluding hydrogens is 532 g/mol. The van der Waals surface area contributed by atoms with Crippen LogP contribution in [0.15, 0.2) is 158 Å². The van der Waals surface area contributed by atoms with Gasteiger partial charge in [-0.3, -0.25) is 0 Å². The van der Waals surface area contributed by atoms with Gasteiger partial charge in [-0.2, -0.15) is 0 Å². The van der Waals surface area contributed by atoms with Crippen LogP contribution in [-0.4, -0.2) is 6.54 Å².